The molecule has 2 aromatic rings. The van der Waals surface area contributed by atoms with Crippen molar-refractivity contribution in [3.63, 3.8) is 0 Å². The van der Waals surface area contributed by atoms with Crippen molar-refractivity contribution in [3.8, 4) is 5.75 Å². The molecule has 16 heavy (non-hydrogen) atoms. The van der Waals surface area contributed by atoms with Gasteiger partial charge in [-0.3, -0.25) is 0 Å². The van der Waals surface area contributed by atoms with Gasteiger partial charge in [0.2, 0.25) is 0 Å². The summed E-state index contributed by atoms with van der Waals surface area (Å²) in [4.78, 5) is 5.40. The van der Waals surface area contributed by atoms with Crippen LogP contribution in [0.2, 0.25) is 0 Å². The summed E-state index contributed by atoms with van der Waals surface area (Å²) >= 11 is 1.65. The van der Waals surface area contributed by atoms with Gasteiger partial charge < -0.3 is 10.5 Å². The van der Waals surface area contributed by atoms with E-state index in [9.17, 15) is 0 Å². The van der Waals surface area contributed by atoms with Crippen LogP contribution in [-0.4, -0.2) is 12.1 Å². The summed E-state index contributed by atoms with van der Waals surface area (Å²) in [7, 11) is 1.67. The molecular formula is C12H14N2OS. The number of nitrogens with zero attached hydrogens (tertiary/aromatic N) is 1. The van der Waals surface area contributed by atoms with E-state index in [1.165, 1.54) is 5.56 Å². The molecule has 0 unspecified atom stereocenters. The van der Waals surface area contributed by atoms with Crippen molar-refractivity contribution in [2.75, 3.05) is 12.8 Å². The van der Waals surface area contributed by atoms with Gasteiger partial charge in [-0.25, -0.2) is 4.98 Å². The zero-order valence-electron chi connectivity index (χ0n) is 9.36. The summed E-state index contributed by atoms with van der Waals surface area (Å²) in [5.74, 6) is 1.52. The van der Waals surface area contributed by atoms with Gasteiger partial charge in [-0.05, 0) is 24.6 Å². The maximum absolute atomic E-state index is 5.72. The summed E-state index contributed by atoms with van der Waals surface area (Å²) in [6.07, 6.45) is 0.826. The van der Waals surface area contributed by atoms with Crippen molar-refractivity contribution in [2.45, 2.75) is 13.3 Å². The van der Waals surface area contributed by atoms with Crippen LogP contribution < -0.4 is 10.5 Å². The molecule has 0 atom stereocenters. The third-order valence-electron chi connectivity index (χ3n) is 2.39. The van der Waals surface area contributed by atoms with Crippen LogP contribution in [0.3, 0.4) is 0 Å². The zero-order valence-corrected chi connectivity index (χ0v) is 10.2. The van der Waals surface area contributed by atoms with Crippen molar-refractivity contribution in [2.24, 2.45) is 0 Å². The predicted molar refractivity (Wildman–Crippen MR) is 67.1 cm³/mol. The molecule has 0 aliphatic heterocycles. The number of benzene rings is 1. The third-order valence-corrected chi connectivity index (χ3v) is 3.38. The highest BCUT2D eigenvalue weighted by Crippen LogP contribution is 2.22. The number of nitrogens with two attached hydrogens (primary N) is 1. The number of anilines is 1. The molecule has 0 saturated carbocycles. The van der Waals surface area contributed by atoms with Crippen molar-refractivity contribution in [1.29, 1.82) is 0 Å². The first-order chi connectivity index (χ1) is 7.69. The maximum atomic E-state index is 5.72. The number of aromatic nitrogens is 1. The van der Waals surface area contributed by atoms with E-state index in [1.807, 2.05) is 31.2 Å². The number of thiazole rings is 1. The first-order valence-corrected chi connectivity index (χ1v) is 5.85. The Hall–Kier alpha value is -1.55. The van der Waals surface area contributed by atoms with E-state index in [-0.39, 0.29) is 0 Å². The minimum Gasteiger partial charge on any atom is -0.497 e. The molecule has 0 bridgehead atoms. The van der Waals surface area contributed by atoms with Crippen molar-refractivity contribution < 1.29 is 4.74 Å². The highest BCUT2D eigenvalue weighted by Gasteiger charge is 2.05. The Morgan fingerprint density at radius 1 is 1.31 bits per heavy atom. The first-order valence-electron chi connectivity index (χ1n) is 5.03. The molecule has 0 amide bonds. The summed E-state index contributed by atoms with van der Waals surface area (Å²) in [6, 6.07) is 8.01. The number of aryl methyl sites for hydroxylation is 1. The van der Waals surface area contributed by atoms with Gasteiger partial charge in [-0.2, -0.15) is 0 Å². The Balaban J connectivity index is 2.14. The molecule has 0 aliphatic carbocycles. The van der Waals surface area contributed by atoms with Crippen molar-refractivity contribution in [1.82, 2.24) is 4.98 Å². The number of rotatable bonds is 3. The lowest BCUT2D eigenvalue weighted by atomic mass is 10.1. The summed E-state index contributed by atoms with van der Waals surface area (Å²) in [6.45, 7) is 1.99. The average molecular weight is 234 g/mol. The quantitative estimate of drug-likeness (QED) is 0.888. The number of ether oxygens (including phenoxy) is 1. The van der Waals surface area contributed by atoms with Gasteiger partial charge in [0.25, 0.3) is 0 Å². The van der Waals surface area contributed by atoms with Gasteiger partial charge >= 0.3 is 0 Å². The van der Waals surface area contributed by atoms with E-state index in [1.54, 1.807) is 18.4 Å². The highest BCUT2D eigenvalue weighted by atomic mass is 32.1. The molecular weight excluding hydrogens is 220 g/mol. The summed E-state index contributed by atoms with van der Waals surface area (Å²) in [5, 5.41) is 1.06. The largest absolute Gasteiger partial charge is 0.497 e. The Morgan fingerprint density at radius 2 is 2.00 bits per heavy atom. The standard InChI is InChI=1S/C12H14N2OS/c1-8-12(13)14-11(16-8)7-9-3-5-10(15-2)6-4-9/h3-6H,7,13H2,1-2H3. The number of methoxy groups -OCH3 is 1. The van der Waals surface area contributed by atoms with Gasteiger partial charge in [-0.1, -0.05) is 12.1 Å². The summed E-state index contributed by atoms with van der Waals surface area (Å²) < 4.78 is 5.11. The number of nitrogen functional groups attached to an aromatic ring is 1. The second-order valence-corrected chi connectivity index (χ2v) is 4.86. The zero-order chi connectivity index (χ0) is 11.5. The van der Waals surface area contributed by atoms with Crippen molar-refractivity contribution >= 4 is 17.2 Å². The van der Waals surface area contributed by atoms with Crippen LogP contribution in [0.15, 0.2) is 24.3 Å². The lowest BCUT2D eigenvalue weighted by molar-refractivity contribution is 0.414. The van der Waals surface area contributed by atoms with Crippen molar-refractivity contribution in [3.05, 3.63) is 39.7 Å². The fourth-order valence-electron chi connectivity index (χ4n) is 1.46. The predicted octanol–water partition coefficient (Wildman–Crippen LogP) is 2.63. The second kappa shape index (κ2) is 4.53. The first kappa shape index (κ1) is 11.0. The topological polar surface area (TPSA) is 48.1 Å². The van der Waals surface area contributed by atoms with E-state index in [0.717, 1.165) is 22.1 Å². The normalized spacial score (nSPS) is 10.4. The second-order valence-electron chi connectivity index (χ2n) is 3.57. The average Bonchev–Trinajstić information content (AvgIpc) is 2.59. The fraction of sp³-hybridized carbons (Fsp3) is 0.250. The Labute approximate surface area is 98.9 Å². The molecule has 0 spiro atoms. The smallest absolute Gasteiger partial charge is 0.137 e. The fourth-order valence-corrected chi connectivity index (χ4v) is 2.34. The minimum atomic E-state index is 0.647. The molecule has 0 radical (unpaired) electrons. The number of hydrogen-bond donors (Lipinski definition) is 1. The van der Waals surface area contributed by atoms with E-state index >= 15 is 0 Å². The minimum absolute atomic E-state index is 0.647. The molecule has 2 rings (SSSR count). The van der Waals surface area contributed by atoms with Crippen LogP contribution in [0.5, 0.6) is 5.75 Å². The molecule has 1 aromatic heterocycles. The molecule has 0 saturated heterocycles. The van der Waals surface area contributed by atoms with E-state index < -0.39 is 0 Å². The lowest BCUT2D eigenvalue weighted by Crippen LogP contribution is -1.90. The van der Waals surface area contributed by atoms with E-state index in [2.05, 4.69) is 4.98 Å². The molecule has 4 heteroatoms. The third kappa shape index (κ3) is 2.33. The molecule has 1 aromatic carbocycles. The summed E-state index contributed by atoms with van der Waals surface area (Å²) in [5.41, 5.74) is 6.94. The number of hydrogen-bond acceptors (Lipinski definition) is 4. The molecule has 3 nitrogen and oxygen atoms in total. The Kier molecular flexibility index (Phi) is 3.10. The Morgan fingerprint density at radius 3 is 2.50 bits per heavy atom. The van der Waals surface area contributed by atoms with Crippen LogP contribution in [0, 0.1) is 6.92 Å². The van der Waals surface area contributed by atoms with E-state index in [0.29, 0.717) is 5.82 Å². The lowest BCUT2D eigenvalue weighted by Gasteiger charge is -2.01. The van der Waals surface area contributed by atoms with Gasteiger partial charge in [0.15, 0.2) is 0 Å². The molecule has 1 heterocycles. The molecule has 0 aliphatic rings. The van der Waals surface area contributed by atoms with E-state index in [4.69, 9.17) is 10.5 Å². The highest BCUT2D eigenvalue weighted by molar-refractivity contribution is 7.12. The monoisotopic (exact) mass is 234 g/mol. The van der Waals surface area contributed by atoms with Crippen LogP contribution in [0.1, 0.15) is 15.4 Å². The Bertz CT molecular complexity index is 457. The molecule has 0 fully saturated rings. The van der Waals surface area contributed by atoms with Crippen LogP contribution in [0.25, 0.3) is 0 Å². The van der Waals surface area contributed by atoms with Gasteiger partial charge in [-0.15, -0.1) is 11.3 Å². The van der Waals surface area contributed by atoms with Gasteiger partial charge in [0.05, 0.1) is 12.1 Å². The van der Waals surface area contributed by atoms with Crippen LogP contribution in [0.4, 0.5) is 5.82 Å². The maximum Gasteiger partial charge on any atom is 0.137 e. The molecule has 84 valence electrons. The van der Waals surface area contributed by atoms with Gasteiger partial charge in [0.1, 0.15) is 11.6 Å². The van der Waals surface area contributed by atoms with Crippen LogP contribution >= 0.6 is 11.3 Å². The SMILES string of the molecule is COc1ccc(Cc2nc(N)c(C)s2)cc1. The molecule has 2 N–H and O–H groups in total. The van der Waals surface area contributed by atoms with Crippen LogP contribution in [-0.2, 0) is 6.42 Å². The van der Waals surface area contributed by atoms with Gasteiger partial charge in [0, 0.05) is 11.3 Å².